The lowest BCUT2D eigenvalue weighted by atomic mass is 9.98. The maximum absolute atomic E-state index is 11.2. The molecule has 0 fully saturated rings. The maximum atomic E-state index is 11.2. The van der Waals surface area contributed by atoms with Gasteiger partial charge in [0.15, 0.2) is 6.10 Å². The molecule has 94 valence electrons. The van der Waals surface area contributed by atoms with Gasteiger partial charge >= 0.3 is 5.97 Å². The second-order valence-electron chi connectivity index (χ2n) is 4.08. The highest BCUT2D eigenvalue weighted by Gasteiger charge is 2.19. The molecule has 0 saturated carbocycles. The Bertz CT molecular complexity index is 398. The summed E-state index contributed by atoms with van der Waals surface area (Å²) in [5, 5.41) is 9.71. The van der Waals surface area contributed by atoms with E-state index in [2.05, 4.69) is 4.74 Å². The third-order valence-corrected chi connectivity index (χ3v) is 2.62. The van der Waals surface area contributed by atoms with Crippen molar-refractivity contribution in [3.05, 3.63) is 29.3 Å². The van der Waals surface area contributed by atoms with E-state index in [0.717, 1.165) is 5.56 Å². The summed E-state index contributed by atoms with van der Waals surface area (Å²) in [6.45, 7) is 4.10. The van der Waals surface area contributed by atoms with Gasteiger partial charge in [-0.05, 0) is 23.1 Å². The van der Waals surface area contributed by atoms with Crippen LogP contribution in [-0.2, 0) is 9.53 Å². The van der Waals surface area contributed by atoms with Gasteiger partial charge in [0.25, 0.3) is 0 Å². The molecule has 0 radical (unpaired) electrons. The molecule has 1 aromatic rings. The van der Waals surface area contributed by atoms with Gasteiger partial charge in [-0.1, -0.05) is 26.0 Å². The van der Waals surface area contributed by atoms with Gasteiger partial charge in [-0.15, -0.1) is 0 Å². The van der Waals surface area contributed by atoms with Gasteiger partial charge in [0.2, 0.25) is 0 Å². The second kappa shape index (κ2) is 5.68. The van der Waals surface area contributed by atoms with Gasteiger partial charge in [-0.25, -0.2) is 4.79 Å². The van der Waals surface area contributed by atoms with Gasteiger partial charge < -0.3 is 14.6 Å². The van der Waals surface area contributed by atoms with Crippen molar-refractivity contribution in [3.8, 4) is 5.75 Å². The number of hydrogen-bond donors (Lipinski definition) is 1. The lowest BCUT2D eigenvalue weighted by Crippen LogP contribution is -2.13. The van der Waals surface area contributed by atoms with E-state index in [-0.39, 0.29) is 0 Å². The van der Waals surface area contributed by atoms with Crippen LogP contribution in [0.1, 0.15) is 37.0 Å². The van der Waals surface area contributed by atoms with Crippen LogP contribution in [0, 0.1) is 0 Å². The van der Waals surface area contributed by atoms with Gasteiger partial charge in [0.1, 0.15) is 5.75 Å². The monoisotopic (exact) mass is 238 g/mol. The quantitative estimate of drug-likeness (QED) is 0.815. The van der Waals surface area contributed by atoms with Crippen molar-refractivity contribution in [2.24, 2.45) is 0 Å². The molecule has 0 aliphatic carbocycles. The minimum absolute atomic E-state index is 0.314. The Balaban J connectivity index is 3.09. The highest BCUT2D eigenvalue weighted by atomic mass is 16.5. The topological polar surface area (TPSA) is 55.8 Å². The third-order valence-electron chi connectivity index (χ3n) is 2.62. The van der Waals surface area contributed by atoms with E-state index in [1.165, 1.54) is 7.11 Å². The molecule has 0 aromatic heterocycles. The highest BCUT2D eigenvalue weighted by molar-refractivity contribution is 5.76. The van der Waals surface area contributed by atoms with E-state index in [0.29, 0.717) is 17.2 Å². The molecule has 1 atom stereocenters. The van der Waals surface area contributed by atoms with Crippen LogP contribution >= 0.6 is 0 Å². The Morgan fingerprint density at radius 1 is 1.29 bits per heavy atom. The predicted octanol–water partition coefficient (Wildman–Crippen LogP) is 2.02. The lowest BCUT2D eigenvalue weighted by Gasteiger charge is -2.15. The van der Waals surface area contributed by atoms with Crippen molar-refractivity contribution in [2.75, 3.05) is 14.2 Å². The zero-order chi connectivity index (χ0) is 13.0. The van der Waals surface area contributed by atoms with Crippen LogP contribution in [0.5, 0.6) is 5.75 Å². The standard InChI is InChI=1S/C13H18O4/c1-8(2)10-6-5-9(7-11(10)16-3)12(14)13(15)17-4/h5-8,12,14H,1-4H3. The van der Waals surface area contributed by atoms with Crippen molar-refractivity contribution in [1.29, 1.82) is 0 Å². The Hall–Kier alpha value is -1.55. The maximum Gasteiger partial charge on any atom is 0.339 e. The van der Waals surface area contributed by atoms with E-state index < -0.39 is 12.1 Å². The summed E-state index contributed by atoms with van der Waals surface area (Å²) in [4.78, 5) is 11.2. The lowest BCUT2D eigenvalue weighted by molar-refractivity contribution is -0.150. The molecule has 0 spiro atoms. The van der Waals surface area contributed by atoms with E-state index >= 15 is 0 Å². The molecule has 4 heteroatoms. The molecule has 0 aliphatic rings. The summed E-state index contributed by atoms with van der Waals surface area (Å²) in [6, 6.07) is 5.22. The minimum Gasteiger partial charge on any atom is -0.496 e. The summed E-state index contributed by atoms with van der Waals surface area (Å²) >= 11 is 0. The highest BCUT2D eigenvalue weighted by Crippen LogP contribution is 2.29. The van der Waals surface area contributed by atoms with Crippen molar-refractivity contribution >= 4 is 5.97 Å². The fourth-order valence-corrected chi connectivity index (χ4v) is 1.62. The third kappa shape index (κ3) is 2.97. The smallest absolute Gasteiger partial charge is 0.339 e. The molecular formula is C13H18O4. The van der Waals surface area contributed by atoms with Crippen LogP contribution in [0.25, 0.3) is 0 Å². The molecule has 0 aliphatic heterocycles. The number of aliphatic hydroxyl groups is 1. The van der Waals surface area contributed by atoms with Crippen LogP contribution < -0.4 is 4.74 Å². The molecule has 1 rings (SSSR count). The van der Waals surface area contributed by atoms with Gasteiger partial charge in [-0.2, -0.15) is 0 Å². The van der Waals surface area contributed by atoms with Gasteiger partial charge in [-0.3, -0.25) is 0 Å². The number of rotatable bonds is 4. The number of carbonyl (C=O) groups is 1. The first-order valence-corrected chi connectivity index (χ1v) is 5.45. The minimum atomic E-state index is -1.27. The number of hydrogen-bond acceptors (Lipinski definition) is 4. The van der Waals surface area contributed by atoms with Crippen LogP contribution in [-0.4, -0.2) is 25.3 Å². The number of methoxy groups -OCH3 is 2. The molecule has 0 amide bonds. The molecule has 17 heavy (non-hydrogen) atoms. The average molecular weight is 238 g/mol. The fraction of sp³-hybridized carbons (Fsp3) is 0.462. The predicted molar refractivity (Wildman–Crippen MR) is 64.1 cm³/mol. The Morgan fingerprint density at radius 3 is 2.41 bits per heavy atom. The molecule has 1 unspecified atom stereocenters. The summed E-state index contributed by atoms with van der Waals surface area (Å²) < 4.78 is 9.74. The van der Waals surface area contributed by atoms with E-state index in [1.54, 1.807) is 19.2 Å². The van der Waals surface area contributed by atoms with E-state index in [1.807, 2.05) is 19.9 Å². The van der Waals surface area contributed by atoms with Crippen LogP contribution in [0.3, 0.4) is 0 Å². The molecule has 0 heterocycles. The van der Waals surface area contributed by atoms with Crippen LogP contribution in [0.4, 0.5) is 0 Å². The molecular weight excluding hydrogens is 220 g/mol. The number of esters is 1. The first-order valence-electron chi connectivity index (χ1n) is 5.45. The fourth-order valence-electron chi connectivity index (χ4n) is 1.62. The molecule has 1 N–H and O–H groups in total. The summed E-state index contributed by atoms with van der Waals surface area (Å²) in [5.41, 5.74) is 1.51. The molecule has 4 nitrogen and oxygen atoms in total. The Labute approximate surface area is 101 Å². The van der Waals surface area contributed by atoms with Crippen molar-refractivity contribution in [3.63, 3.8) is 0 Å². The van der Waals surface area contributed by atoms with Crippen LogP contribution in [0.2, 0.25) is 0 Å². The molecule has 0 bridgehead atoms. The summed E-state index contributed by atoms with van der Waals surface area (Å²) in [7, 11) is 2.81. The summed E-state index contributed by atoms with van der Waals surface area (Å²) in [6.07, 6.45) is -1.27. The average Bonchev–Trinajstić information content (AvgIpc) is 2.35. The second-order valence-corrected chi connectivity index (χ2v) is 4.08. The Kier molecular flexibility index (Phi) is 4.52. The number of benzene rings is 1. The number of carbonyl (C=O) groups excluding carboxylic acids is 1. The summed E-state index contributed by atoms with van der Waals surface area (Å²) in [5.74, 6) is 0.305. The zero-order valence-electron chi connectivity index (χ0n) is 10.6. The largest absolute Gasteiger partial charge is 0.496 e. The zero-order valence-corrected chi connectivity index (χ0v) is 10.6. The van der Waals surface area contributed by atoms with Gasteiger partial charge in [0, 0.05) is 0 Å². The first-order chi connectivity index (χ1) is 8.01. The Morgan fingerprint density at radius 2 is 1.94 bits per heavy atom. The van der Waals surface area contributed by atoms with Gasteiger partial charge in [0.05, 0.1) is 14.2 Å². The van der Waals surface area contributed by atoms with Crippen molar-refractivity contribution < 1.29 is 19.4 Å². The normalized spacial score (nSPS) is 12.4. The number of aliphatic hydroxyl groups excluding tert-OH is 1. The molecule has 0 saturated heterocycles. The SMILES string of the molecule is COC(=O)C(O)c1ccc(C(C)C)c(OC)c1. The van der Waals surface area contributed by atoms with Crippen molar-refractivity contribution in [2.45, 2.75) is 25.9 Å². The van der Waals surface area contributed by atoms with E-state index in [9.17, 15) is 9.90 Å². The van der Waals surface area contributed by atoms with E-state index in [4.69, 9.17) is 4.74 Å². The number of ether oxygens (including phenoxy) is 2. The molecule has 1 aromatic carbocycles. The first kappa shape index (κ1) is 13.5. The van der Waals surface area contributed by atoms with Crippen LogP contribution in [0.15, 0.2) is 18.2 Å². The van der Waals surface area contributed by atoms with Crippen molar-refractivity contribution in [1.82, 2.24) is 0 Å².